The second-order valence-electron chi connectivity index (χ2n) is 5.67. The summed E-state index contributed by atoms with van der Waals surface area (Å²) in [6.07, 6.45) is 3.11. The van der Waals surface area contributed by atoms with Crippen molar-refractivity contribution in [2.75, 3.05) is 6.54 Å². The molecule has 1 aromatic carbocycles. The number of likely N-dealkylation sites (tertiary alicyclic amines) is 1. The van der Waals surface area contributed by atoms with Crippen molar-refractivity contribution >= 4 is 5.78 Å². The second-order valence-corrected chi connectivity index (χ2v) is 5.67. The molecule has 1 fully saturated rings. The number of nitrogens with zero attached hydrogens (tertiary/aromatic N) is 1. The monoisotopic (exact) mass is 245 g/mol. The highest BCUT2D eigenvalue weighted by Crippen LogP contribution is 2.23. The van der Waals surface area contributed by atoms with Gasteiger partial charge in [-0.1, -0.05) is 29.3 Å². The van der Waals surface area contributed by atoms with Crippen LogP contribution in [0.3, 0.4) is 0 Å². The summed E-state index contributed by atoms with van der Waals surface area (Å²) in [5.41, 5.74) is 4.03. The van der Waals surface area contributed by atoms with Crippen LogP contribution in [-0.2, 0) is 11.3 Å². The molecule has 0 N–H and O–H groups in total. The van der Waals surface area contributed by atoms with Gasteiger partial charge in [0, 0.05) is 19.0 Å². The smallest absolute Gasteiger partial charge is 0.131 e. The predicted molar refractivity (Wildman–Crippen MR) is 74.6 cm³/mol. The number of hydrogen-bond donors (Lipinski definition) is 0. The number of aryl methyl sites for hydroxylation is 2. The van der Waals surface area contributed by atoms with Crippen LogP contribution in [0.2, 0.25) is 0 Å². The Kier molecular flexibility index (Phi) is 4.18. The Morgan fingerprint density at radius 3 is 2.56 bits per heavy atom. The molecule has 2 nitrogen and oxygen atoms in total. The van der Waals surface area contributed by atoms with E-state index in [1.165, 1.54) is 29.5 Å². The lowest BCUT2D eigenvalue weighted by molar-refractivity contribution is -0.118. The van der Waals surface area contributed by atoms with Gasteiger partial charge in [-0.3, -0.25) is 9.69 Å². The Hall–Kier alpha value is -1.15. The summed E-state index contributed by atoms with van der Waals surface area (Å²) in [5, 5.41) is 0. The van der Waals surface area contributed by atoms with E-state index in [0.717, 1.165) is 13.1 Å². The van der Waals surface area contributed by atoms with Crippen LogP contribution in [-0.4, -0.2) is 23.3 Å². The van der Waals surface area contributed by atoms with Gasteiger partial charge in [0.1, 0.15) is 5.78 Å². The largest absolute Gasteiger partial charge is 0.300 e. The molecule has 1 atom stereocenters. The van der Waals surface area contributed by atoms with Gasteiger partial charge in [-0.2, -0.15) is 0 Å². The van der Waals surface area contributed by atoms with Crippen LogP contribution in [0.15, 0.2) is 18.2 Å². The third-order valence-corrected chi connectivity index (χ3v) is 3.69. The fourth-order valence-electron chi connectivity index (χ4n) is 3.06. The van der Waals surface area contributed by atoms with E-state index in [1.54, 1.807) is 6.92 Å². The van der Waals surface area contributed by atoms with E-state index in [9.17, 15) is 4.79 Å². The van der Waals surface area contributed by atoms with Gasteiger partial charge in [-0.05, 0) is 45.7 Å². The Morgan fingerprint density at radius 1 is 1.28 bits per heavy atom. The summed E-state index contributed by atoms with van der Waals surface area (Å²) >= 11 is 0. The maximum Gasteiger partial charge on any atom is 0.131 e. The van der Waals surface area contributed by atoms with Crippen molar-refractivity contribution in [2.24, 2.45) is 0 Å². The molecule has 0 saturated carbocycles. The van der Waals surface area contributed by atoms with Gasteiger partial charge < -0.3 is 0 Å². The Bertz CT molecular complexity index is 418. The van der Waals surface area contributed by atoms with E-state index in [4.69, 9.17) is 0 Å². The van der Waals surface area contributed by atoms with Crippen molar-refractivity contribution in [3.63, 3.8) is 0 Å². The number of carbonyl (C=O) groups excluding carboxylic acids is 1. The summed E-state index contributed by atoms with van der Waals surface area (Å²) in [7, 11) is 0. The first kappa shape index (κ1) is 13.3. The number of benzene rings is 1. The van der Waals surface area contributed by atoms with Crippen LogP contribution in [0.1, 0.15) is 42.9 Å². The molecule has 0 aliphatic carbocycles. The zero-order valence-corrected chi connectivity index (χ0v) is 11.7. The quantitative estimate of drug-likeness (QED) is 0.811. The molecule has 2 heteroatoms. The summed E-state index contributed by atoms with van der Waals surface area (Å²) in [4.78, 5) is 13.7. The fraction of sp³-hybridized carbons (Fsp3) is 0.562. The lowest BCUT2D eigenvalue weighted by Crippen LogP contribution is -2.30. The van der Waals surface area contributed by atoms with Gasteiger partial charge in [-0.25, -0.2) is 0 Å². The molecule has 0 spiro atoms. The first-order valence-corrected chi connectivity index (χ1v) is 6.85. The molecule has 0 bridgehead atoms. The summed E-state index contributed by atoms with van der Waals surface area (Å²) in [5.74, 6) is 0.312. The van der Waals surface area contributed by atoms with Crippen molar-refractivity contribution in [3.8, 4) is 0 Å². The highest BCUT2D eigenvalue weighted by Gasteiger charge is 2.25. The molecule has 1 unspecified atom stereocenters. The predicted octanol–water partition coefficient (Wildman–Crippen LogP) is 3.25. The number of Topliss-reactive ketones (excluding diaryl/α,β-unsaturated/α-hetero) is 1. The van der Waals surface area contributed by atoms with E-state index < -0.39 is 0 Å². The van der Waals surface area contributed by atoms with Gasteiger partial charge in [0.15, 0.2) is 0 Å². The third kappa shape index (κ3) is 3.42. The fourth-order valence-corrected chi connectivity index (χ4v) is 3.06. The molecule has 0 aromatic heterocycles. The minimum absolute atomic E-state index is 0.312. The molecule has 1 aliphatic heterocycles. The van der Waals surface area contributed by atoms with Crippen molar-refractivity contribution < 1.29 is 4.79 Å². The third-order valence-electron chi connectivity index (χ3n) is 3.69. The van der Waals surface area contributed by atoms with Gasteiger partial charge in [0.05, 0.1) is 0 Å². The molecule has 1 aliphatic rings. The van der Waals surface area contributed by atoms with E-state index in [2.05, 4.69) is 36.9 Å². The van der Waals surface area contributed by atoms with Crippen molar-refractivity contribution in [1.29, 1.82) is 0 Å². The molecule has 98 valence electrons. The number of ketones is 1. The number of hydrogen-bond acceptors (Lipinski definition) is 2. The molecule has 1 aromatic rings. The zero-order valence-electron chi connectivity index (χ0n) is 11.7. The molecule has 2 rings (SSSR count). The lowest BCUT2D eigenvalue weighted by Gasteiger charge is -2.24. The molecule has 1 saturated heterocycles. The molecule has 18 heavy (non-hydrogen) atoms. The highest BCUT2D eigenvalue weighted by atomic mass is 16.1. The normalized spacial score (nSPS) is 20.3. The van der Waals surface area contributed by atoms with Gasteiger partial charge in [0.2, 0.25) is 0 Å². The van der Waals surface area contributed by atoms with Crippen LogP contribution >= 0.6 is 0 Å². The lowest BCUT2D eigenvalue weighted by atomic mass is 10.1. The van der Waals surface area contributed by atoms with Gasteiger partial charge in [0.25, 0.3) is 0 Å². The maximum atomic E-state index is 11.3. The molecule has 0 amide bonds. The van der Waals surface area contributed by atoms with Crippen LogP contribution < -0.4 is 0 Å². The minimum atomic E-state index is 0.312. The van der Waals surface area contributed by atoms with Crippen molar-refractivity contribution in [1.82, 2.24) is 4.90 Å². The van der Waals surface area contributed by atoms with Crippen molar-refractivity contribution in [3.05, 3.63) is 34.9 Å². The topological polar surface area (TPSA) is 20.3 Å². The van der Waals surface area contributed by atoms with E-state index in [1.807, 2.05) is 0 Å². The van der Waals surface area contributed by atoms with Crippen LogP contribution in [0, 0.1) is 13.8 Å². The van der Waals surface area contributed by atoms with E-state index in [-0.39, 0.29) is 0 Å². The molecular weight excluding hydrogens is 222 g/mol. The second kappa shape index (κ2) is 5.66. The van der Waals surface area contributed by atoms with E-state index in [0.29, 0.717) is 18.2 Å². The van der Waals surface area contributed by atoms with Crippen LogP contribution in [0.5, 0.6) is 0 Å². The maximum absolute atomic E-state index is 11.3. The average Bonchev–Trinajstić information content (AvgIpc) is 2.63. The van der Waals surface area contributed by atoms with Gasteiger partial charge >= 0.3 is 0 Å². The van der Waals surface area contributed by atoms with Gasteiger partial charge in [-0.15, -0.1) is 0 Å². The van der Waals surface area contributed by atoms with Crippen molar-refractivity contribution in [2.45, 2.75) is 52.6 Å². The Morgan fingerprint density at radius 2 is 1.94 bits per heavy atom. The van der Waals surface area contributed by atoms with Crippen LogP contribution in [0.4, 0.5) is 0 Å². The van der Waals surface area contributed by atoms with Crippen LogP contribution in [0.25, 0.3) is 0 Å². The average molecular weight is 245 g/mol. The number of rotatable bonds is 4. The SMILES string of the molecule is CC(=O)CC1CCCN1Cc1cc(C)cc(C)c1. The molecule has 0 radical (unpaired) electrons. The zero-order chi connectivity index (χ0) is 13.1. The first-order chi connectivity index (χ1) is 8.54. The molecular formula is C16H23NO. The van der Waals surface area contributed by atoms with E-state index >= 15 is 0 Å². The highest BCUT2D eigenvalue weighted by molar-refractivity contribution is 5.76. The minimum Gasteiger partial charge on any atom is -0.300 e. The summed E-state index contributed by atoms with van der Waals surface area (Å²) in [6.45, 7) is 8.11. The summed E-state index contributed by atoms with van der Waals surface area (Å²) in [6, 6.07) is 7.19. The summed E-state index contributed by atoms with van der Waals surface area (Å²) < 4.78 is 0. The Balaban J connectivity index is 2.05. The standard InChI is InChI=1S/C16H23NO/c1-12-7-13(2)9-15(8-12)11-17-6-4-5-16(17)10-14(3)18/h7-9,16H,4-6,10-11H2,1-3H3. The Labute approximate surface area is 110 Å². The number of carbonyl (C=O) groups is 1. The first-order valence-electron chi connectivity index (χ1n) is 6.85. The molecule has 1 heterocycles.